The molecule has 0 spiro atoms. The van der Waals surface area contributed by atoms with Crippen molar-refractivity contribution in [2.24, 2.45) is 40.4 Å². The number of aliphatic hydroxyl groups is 1. The van der Waals surface area contributed by atoms with Crippen LogP contribution < -0.4 is 0 Å². The maximum absolute atomic E-state index is 12.3. The molecular formula is C21H36O3. The van der Waals surface area contributed by atoms with E-state index in [4.69, 9.17) is 0 Å². The van der Waals surface area contributed by atoms with E-state index in [-0.39, 0.29) is 17.9 Å². The van der Waals surface area contributed by atoms with Crippen LogP contribution in [0, 0.1) is 40.4 Å². The standard InChI is InChI=1S/C21H36O3/c1-14(2)15-5-7-17-16(13-15)6-8-18-20(17,3)9-4-10-21(18,11-12-22)19(23)24/h14-18,22H,4-13H2,1-3H3,(H,23,24)/t15-,16+,17-,18+,20+,21+/m0/s1. The number of carboxylic acid groups (broad SMARTS) is 1. The van der Waals surface area contributed by atoms with Gasteiger partial charge in [0.05, 0.1) is 5.41 Å². The van der Waals surface area contributed by atoms with Gasteiger partial charge in [-0.25, -0.2) is 0 Å². The molecule has 3 saturated carbocycles. The van der Waals surface area contributed by atoms with Crippen molar-refractivity contribution in [2.45, 2.75) is 78.6 Å². The number of hydrogen-bond donors (Lipinski definition) is 2. The lowest BCUT2D eigenvalue weighted by Gasteiger charge is -2.61. The van der Waals surface area contributed by atoms with Gasteiger partial charge in [-0.15, -0.1) is 0 Å². The van der Waals surface area contributed by atoms with Gasteiger partial charge < -0.3 is 10.2 Å². The lowest BCUT2D eigenvalue weighted by Crippen LogP contribution is -2.57. The van der Waals surface area contributed by atoms with Crippen LogP contribution in [0.3, 0.4) is 0 Å². The van der Waals surface area contributed by atoms with E-state index in [1.54, 1.807) is 0 Å². The largest absolute Gasteiger partial charge is 0.481 e. The molecule has 0 aromatic heterocycles. The molecule has 0 heterocycles. The second kappa shape index (κ2) is 6.63. The minimum absolute atomic E-state index is 0.00238. The molecule has 6 atom stereocenters. The molecule has 0 saturated heterocycles. The Bertz CT molecular complexity index is 470. The molecule has 0 aliphatic heterocycles. The molecule has 2 N–H and O–H groups in total. The van der Waals surface area contributed by atoms with E-state index in [2.05, 4.69) is 20.8 Å². The molecule has 3 aliphatic carbocycles. The SMILES string of the molecule is CC(C)[C@H]1CC[C@H]2[C@H](CC[C@H]3[C@@](CCO)(C(=O)O)CCC[C@]23C)C1. The highest BCUT2D eigenvalue weighted by Crippen LogP contribution is 2.65. The maximum atomic E-state index is 12.3. The zero-order valence-corrected chi connectivity index (χ0v) is 15.8. The number of carbonyl (C=O) groups is 1. The number of aliphatic hydroxyl groups excluding tert-OH is 1. The predicted molar refractivity (Wildman–Crippen MR) is 95.6 cm³/mol. The minimum Gasteiger partial charge on any atom is -0.481 e. The van der Waals surface area contributed by atoms with Crippen LogP contribution in [-0.2, 0) is 4.79 Å². The number of rotatable bonds is 4. The van der Waals surface area contributed by atoms with Crippen LogP contribution in [-0.4, -0.2) is 22.8 Å². The second-order valence-corrected chi connectivity index (χ2v) is 9.61. The van der Waals surface area contributed by atoms with E-state index >= 15 is 0 Å². The van der Waals surface area contributed by atoms with Gasteiger partial charge in [-0.2, -0.15) is 0 Å². The van der Waals surface area contributed by atoms with Gasteiger partial charge in [0, 0.05) is 6.61 Å². The van der Waals surface area contributed by atoms with Crippen molar-refractivity contribution < 1.29 is 15.0 Å². The van der Waals surface area contributed by atoms with E-state index in [1.165, 1.54) is 32.1 Å². The van der Waals surface area contributed by atoms with Gasteiger partial charge in [0.1, 0.15) is 0 Å². The number of hydrogen-bond acceptors (Lipinski definition) is 2. The number of fused-ring (bicyclic) bond motifs is 3. The van der Waals surface area contributed by atoms with Crippen LogP contribution in [0.15, 0.2) is 0 Å². The summed E-state index contributed by atoms with van der Waals surface area (Å²) in [5, 5.41) is 19.6. The first-order valence-electron chi connectivity index (χ1n) is 10.2. The number of carboxylic acids is 1. The quantitative estimate of drug-likeness (QED) is 0.780. The molecule has 138 valence electrons. The minimum atomic E-state index is -0.679. The first-order chi connectivity index (χ1) is 11.3. The number of aliphatic carboxylic acids is 1. The highest BCUT2D eigenvalue weighted by Gasteiger charge is 2.60. The summed E-state index contributed by atoms with van der Waals surface area (Å²) in [6, 6.07) is 0. The van der Waals surface area contributed by atoms with Gasteiger partial charge >= 0.3 is 5.97 Å². The molecule has 24 heavy (non-hydrogen) atoms. The summed E-state index contributed by atoms with van der Waals surface area (Å²) in [5.74, 6) is 2.73. The zero-order valence-electron chi connectivity index (χ0n) is 15.8. The fourth-order valence-electron chi connectivity index (χ4n) is 7.15. The maximum Gasteiger partial charge on any atom is 0.310 e. The molecular weight excluding hydrogens is 300 g/mol. The Morgan fingerprint density at radius 2 is 1.92 bits per heavy atom. The molecule has 3 nitrogen and oxygen atoms in total. The molecule has 0 radical (unpaired) electrons. The van der Waals surface area contributed by atoms with Gasteiger partial charge in [-0.05, 0) is 86.4 Å². The molecule has 3 aliphatic rings. The lowest BCUT2D eigenvalue weighted by molar-refractivity contribution is -0.178. The van der Waals surface area contributed by atoms with Crippen LogP contribution in [0.1, 0.15) is 78.6 Å². The normalized spacial score (nSPS) is 45.5. The molecule has 0 unspecified atom stereocenters. The van der Waals surface area contributed by atoms with Crippen molar-refractivity contribution in [3.05, 3.63) is 0 Å². The summed E-state index contributed by atoms with van der Waals surface area (Å²) in [5.41, 5.74) is -0.516. The third-order valence-electron chi connectivity index (χ3n) is 8.42. The molecule has 3 rings (SSSR count). The fourth-order valence-corrected chi connectivity index (χ4v) is 7.15. The topological polar surface area (TPSA) is 57.5 Å². The van der Waals surface area contributed by atoms with Crippen molar-refractivity contribution >= 4 is 5.97 Å². The molecule has 0 amide bonds. The van der Waals surface area contributed by atoms with Gasteiger partial charge in [0.15, 0.2) is 0 Å². The first-order valence-corrected chi connectivity index (χ1v) is 10.2. The average Bonchev–Trinajstić information content (AvgIpc) is 2.54. The van der Waals surface area contributed by atoms with E-state index in [0.29, 0.717) is 12.3 Å². The second-order valence-electron chi connectivity index (χ2n) is 9.61. The summed E-state index contributed by atoms with van der Waals surface area (Å²) in [6.45, 7) is 7.12. The summed E-state index contributed by atoms with van der Waals surface area (Å²) in [4.78, 5) is 12.3. The van der Waals surface area contributed by atoms with Crippen LogP contribution in [0.2, 0.25) is 0 Å². The van der Waals surface area contributed by atoms with Gasteiger partial charge in [0.25, 0.3) is 0 Å². The predicted octanol–water partition coefficient (Wildman–Crippen LogP) is 4.73. The fraction of sp³-hybridized carbons (Fsp3) is 0.952. The zero-order chi connectivity index (χ0) is 17.5. The summed E-state index contributed by atoms with van der Waals surface area (Å²) >= 11 is 0. The highest BCUT2D eigenvalue weighted by atomic mass is 16.4. The Balaban J connectivity index is 1.88. The van der Waals surface area contributed by atoms with Crippen LogP contribution in [0.25, 0.3) is 0 Å². The van der Waals surface area contributed by atoms with Gasteiger partial charge in [-0.3, -0.25) is 4.79 Å². The van der Waals surface area contributed by atoms with Crippen molar-refractivity contribution in [2.75, 3.05) is 6.61 Å². The van der Waals surface area contributed by atoms with Crippen molar-refractivity contribution in [1.29, 1.82) is 0 Å². The van der Waals surface area contributed by atoms with E-state index in [0.717, 1.165) is 37.0 Å². The van der Waals surface area contributed by atoms with Crippen molar-refractivity contribution in [3.63, 3.8) is 0 Å². The molecule has 0 aromatic carbocycles. The molecule has 0 bridgehead atoms. The third kappa shape index (κ3) is 2.71. The van der Waals surface area contributed by atoms with Gasteiger partial charge in [-0.1, -0.05) is 27.2 Å². The smallest absolute Gasteiger partial charge is 0.310 e. The molecule has 3 heteroatoms. The summed E-state index contributed by atoms with van der Waals surface area (Å²) in [6.07, 6.45) is 9.61. The monoisotopic (exact) mass is 336 g/mol. The Labute approximate surface area is 147 Å². The Morgan fingerprint density at radius 3 is 2.54 bits per heavy atom. The lowest BCUT2D eigenvalue weighted by atomic mass is 9.43. The Hall–Kier alpha value is -0.570. The van der Waals surface area contributed by atoms with E-state index in [9.17, 15) is 15.0 Å². The molecule has 0 aromatic rings. The Kier molecular flexibility index (Phi) is 5.03. The average molecular weight is 337 g/mol. The van der Waals surface area contributed by atoms with Crippen LogP contribution >= 0.6 is 0 Å². The summed E-state index contributed by atoms with van der Waals surface area (Å²) < 4.78 is 0. The third-order valence-corrected chi connectivity index (χ3v) is 8.42. The molecule has 3 fully saturated rings. The van der Waals surface area contributed by atoms with Crippen LogP contribution in [0.4, 0.5) is 0 Å². The highest BCUT2D eigenvalue weighted by molar-refractivity contribution is 5.75. The van der Waals surface area contributed by atoms with Crippen LogP contribution in [0.5, 0.6) is 0 Å². The van der Waals surface area contributed by atoms with Crippen molar-refractivity contribution in [1.82, 2.24) is 0 Å². The van der Waals surface area contributed by atoms with Crippen molar-refractivity contribution in [3.8, 4) is 0 Å². The van der Waals surface area contributed by atoms with Gasteiger partial charge in [0.2, 0.25) is 0 Å². The first kappa shape index (κ1) is 18.2. The summed E-state index contributed by atoms with van der Waals surface area (Å²) in [7, 11) is 0. The Morgan fingerprint density at radius 1 is 1.17 bits per heavy atom. The van der Waals surface area contributed by atoms with E-state index in [1.807, 2.05) is 0 Å². The van der Waals surface area contributed by atoms with E-state index < -0.39 is 11.4 Å².